The average Bonchev–Trinajstić information content (AvgIpc) is 2.45. The fraction of sp³-hybridized carbons (Fsp3) is 1.00. The van der Waals surface area contributed by atoms with E-state index in [1.165, 1.54) is 12.8 Å². The molecule has 1 saturated carbocycles. The molecule has 2 heteroatoms. The maximum atomic E-state index is 5.35. The molecule has 0 radical (unpaired) electrons. The molecule has 0 aromatic rings. The van der Waals surface area contributed by atoms with E-state index < -0.39 is 0 Å². The molecule has 0 atom stereocenters. The molecule has 2 nitrogen and oxygen atoms in total. The SMILES string of the molecule is CN(CCN)C1CC1. The van der Waals surface area contributed by atoms with E-state index in [1.807, 2.05) is 0 Å². The van der Waals surface area contributed by atoms with Gasteiger partial charge in [-0.25, -0.2) is 0 Å². The second kappa shape index (κ2) is 2.46. The molecule has 1 fully saturated rings. The second-order valence-corrected chi connectivity index (χ2v) is 2.50. The van der Waals surface area contributed by atoms with E-state index in [2.05, 4.69) is 11.9 Å². The van der Waals surface area contributed by atoms with Crippen LogP contribution in [0.25, 0.3) is 0 Å². The molecule has 0 bridgehead atoms. The van der Waals surface area contributed by atoms with Crippen LogP contribution in [0.4, 0.5) is 0 Å². The summed E-state index contributed by atoms with van der Waals surface area (Å²) < 4.78 is 0. The van der Waals surface area contributed by atoms with Crippen molar-refractivity contribution in [2.75, 3.05) is 20.1 Å². The Morgan fingerprint density at radius 3 is 2.62 bits per heavy atom. The largest absolute Gasteiger partial charge is 0.329 e. The van der Waals surface area contributed by atoms with Crippen LogP contribution in [0, 0.1) is 0 Å². The van der Waals surface area contributed by atoms with Gasteiger partial charge in [-0.1, -0.05) is 0 Å². The van der Waals surface area contributed by atoms with Gasteiger partial charge in [0.25, 0.3) is 0 Å². The Balaban J connectivity index is 2.03. The van der Waals surface area contributed by atoms with E-state index in [0.29, 0.717) is 0 Å². The first-order valence-corrected chi connectivity index (χ1v) is 3.25. The maximum Gasteiger partial charge on any atom is 0.0104 e. The van der Waals surface area contributed by atoms with E-state index in [-0.39, 0.29) is 0 Å². The minimum absolute atomic E-state index is 0.799. The molecule has 0 saturated heterocycles. The molecule has 8 heavy (non-hydrogen) atoms. The van der Waals surface area contributed by atoms with Gasteiger partial charge in [0.1, 0.15) is 0 Å². The van der Waals surface area contributed by atoms with Crippen LogP contribution >= 0.6 is 0 Å². The van der Waals surface area contributed by atoms with E-state index >= 15 is 0 Å². The number of hydrogen-bond acceptors (Lipinski definition) is 2. The Kier molecular flexibility index (Phi) is 1.86. The molecule has 1 rings (SSSR count). The van der Waals surface area contributed by atoms with Crippen LogP contribution in [0.5, 0.6) is 0 Å². The minimum Gasteiger partial charge on any atom is -0.329 e. The molecular formula is C6H14N2. The summed E-state index contributed by atoms with van der Waals surface area (Å²) in [6, 6.07) is 0.874. The van der Waals surface area contributed by atoms with Crippen molar-refractivity contribution >= 4 is 0 Å². The summed E-state index contributed by atoms with van der Waals surface area (Å²) in [4.78, 5) is 2.33. The average molecular weight is 114 g/mol. The Morgan fingerprint density at radius 2 is 2.25 bits per heavy atom. The van der Waals surface area contributed by atoms with Gasteiger partial charge in [-0.2, -0.15) is 0 Å². The summed E-state index contributed by atoms with van der Waals surface area (Å²) in [7, 11) is 2.14. The fourth-order valence-corrected chi connectivity index (χ4v) is 0.902. The normalized spacial score (nSPS) is 19.9. The van der Waals surface area contributed by atoms with Crippen molar-refractivity contribution in [3.63, 3.8) is 0 Å². The minimum atomic E-state index is 0.799. The van der Waals surface area contributed by atoms with Crippen LogP contribution < -0.4 is 5.73 Å². The second-order valence-electron chi connectivity index (χ2n) is 2.50. The van der Waals surface area contributed by atoms with E-state index in [1.54, 1.807) is 0 Å². The highest BCUT2D eigenvalue weighted by atomic mass is 15.2. The molecule has 0 spiro atoms. The summed E-state index contributed by atoms with van der Waals surface area (Å²) in [6.45, 7) is 1.86. The Labute approximate surface area is 50.7 Å². The first kappa shape index (κ1) is 6.05. The van der Waals surface area contributed by atoms with Crippen molar-refractivity contribution in [3.8, 4) is 0 Å². The van der Waals surface area contributed by atoms with Crippen molar-refractivity contribution in [1.29, 1.82) is 0 Å². The quantitative estimate of drug-likeness (QED) is 0.561. The third-order valence-corrected chi connectivity index (χ3v) is 1.65. The number of rotatable bonds is 3. The van der Waals surface area contributed by atoms with Crippen LogP contribution in [0.3, 0.4) is 0 Å². The summed E-state index contributed by atoms with van der Waals surface area (Å²) in [5.41, 5.74) is 5.35. The topological polar surface area (TPSA) is 29.3 Å². The molecule has 2 N–H and O–H groups in total. The van der Waals surface area contributed by atoms with Gasteiger partial charge in [0.05, 0.1) is 0 Å². The molecular weight excluding hydrogens is 100 g/mol. The van der Waals surface area contributed by atoms with Crippen LogP contribution in [0.2, 0.25) is 0 Å². The highest BCUT2D eigenvalue weighted by Crippen LogP contribution is 2.24. The van der Waals surface area contributed by atoms with Gasteiger partial charge in [0, 0.05) is 19.1 Å². The molecule has 48 valence electrons. The van der Waals surface area contributed by atoms with Gasteiger partial charge in [-0.3, -0.25) is 0 Å². The number of hydrogen-bond donors (Lipinski definition) is 1. The van der Waals surface area contributed by atoms with Crippen molar-refractivity contribution in [1.82, 2.24) is 4.90 Å². The Morgan fingerprint density at radius 1 is 1.62 bits per heavy atom. The van der Waals surface area contributed by atoms with Gasteiger partial charge >= 0.3 is 0 Å². The van der Waals surface area contributed by atoms with E-state index in [4.69, 9.17) is 5.73 Å². The fourth-order valence-electron chi connectivity index (χ4n) is 0.902. The van der Waals surface area contributed by atoms with Crippen molar-refractivity contribution in [2.24, 2.45) is 5.73 Å². The number of likely N-dealkylation sites (N-methyl/N-ethyl adjacent to an activating group) is 1. The van der Waals surface area contributed by atoms with Crippen LogP contribution in [-0.4, -0.2) is 31.1 Å². The molecule has 1 aliphatic rings. The predicted molar refractivity (Wildman–Crippen MR) is 34.7 cm³/mol. The smallest absolute Gasteiger partial charge is 0.0104 e. The van der Waals surface area contributed by atoms with E-state index in [9.17, 15) is 0 Å². The standard InChI is InChI=1S/C6H14N2/c1-8(5-4-7)6-2-3-6/h6H,2-5,7H2,1H3. The molecule has 0 unspecified atom stereocenters. The van der Waals surface area contributed by atoms with E-state index in [0.717, 1.165) is 19.1 Å². The summed E-state index contributed by atoms with van der Waals surface area (Å²) in [5, 5.41) is 0. The molecule has 0 amide bonds. The lowest BCUT2D eigenvalue weighted by molar-refractivity contribution is 0.333. The lowest BCUT2D eigenvalue weighted by atomic mass is 10.5. The lowest BCUT2D eigenvalue weighted by Gasteiger charge is -2.12. The Hall–Kier alpha value is -0.0800. The number of nitrogens with two attached hydrogens (primary N) is 1. The van der Waals surface area contributed by atoms with Crippen molar-refractivity contribution < 1.29 is 0 Å². The van der Waals surface area contributed by atoms with Crippen LogP contribution in [0.15, 0.2) is 0 Å². The zero-order chi connectivity index (χ0) is 5.98. The first-order valence-electron chi connectivity index (χ1n) is 3.25. The van der Waals surface area contributed by atoms with Gasteiger partial charge in [0.2, 0.25) is 0 Å². The van der Waals surface area contributed by atoms with Crippen LogP contribution in [-0.2, 0) is 0 Å². The zero-order valence-corrected chi connectivity index (χ0v) is 5.43. The highest BCUT2D eigenvalue weighted by molar-refractivity contribution is 4.82. The summed E-state index contributed by atoms with van der Waals surface area (Å²) in [6.07, 6.45) is 2.77. The zero-order valence-electron chi connectivity index (χ0n) is 5.43. The summed E-state index contributed by atoms with van der Waals surface area (Å²) in [5.74, 6) is 0. The third kappa shape index (κ3) is 1.46. The van der Waals surface area contributed by atoms with Gasteiger partial charge in [-0.15, -0.1) is 0 Å². The molecule has 0 aliphatic heterocycles. The van der Waals surface area contributed by atoms with Gasteiger partial charge < -0.3 is 10.6 Å². The van der Waals surface area contributed by atoms with Crippen LogP contribution in [0.1, 0.15) is 12.8 Å². The first-order chi connectivity index (χ1) is 3.84. The molecule has 0 heterocycles. The predicted octanol–water partition coefficient (Wildman–Crippen LogP) is 0.0393. The monoisotopic (exact) mass is 114 g/mol. The van der Waals surface area contributed by atoms with Gasteiger partial charge in [0.15, 0.2) is 0 Å². The molecule has 0 aromatic carbocycles. The molecule has 1 aliphatic carbocycles. The molecule has 0 aromatic heterocycles. The lowest BCUT2D eigenvalue weighted by Crippen LogP contribution is -2.27. The summed E-state index contributed by atoms with van der Waals surface area (Å²) >= 11 is 0. The Bertz CT molecular complexity index is 68.9. The van der Waals surface area contributed by atoms with Crippen molar-refractivity contribution in [2.45, 2.75) is 18.9 Å². The van der Waals surface area contributed by atoms with Crippen molar-refractivity contribution in [3.05, 3.63) is 0 Å². The van der Waals surface area contributed by atoms with Gasteiger partial charge in [-0.05, 0) is 19.9 Å². The number of nitrogens with zero attached hydrogens (tertiary/aromatic N) is 1. The maximum absolute atomic E-state index is 5.35. The third-order valence-electron chi connectivity index (χ3n) is 1.65. The highest BCUT2D eigenvalue weighted by Gasteiger charge is 2.24.